The fourth-order valence-electron chi connectivity index (χ4n) is 2.95. The van der Waals surface area contributed by atoms with Crippen LogP contribution in [0.15, 0.2) is 42.7 Å². The molecule has 3 rings (SSSR count). The molecule has 1 fully saturated rings. The monoisotopic (exact) mass is 387 g/mol. The molecule has 7 nitrogen and oxygen atoms in total. The van der Waals surface area contributed by atoms with E-state index in [4.69, 9.17) is 0 Å². The summed E-state index contributed by atoms with van der Waals surface area (Å²) in [6.07, 6.45) is 3.15. The molecule has 2 amide bonds. The minimum absolute atomic E-state index is 0.0528. The van der Waals surface area contributed by atoms with Gasteiger partial charge in [-0.25, -0.2) is 8.42 Å². The molecule has 1 aliphatic heterocycles. The normalized spacial score (nSPS) is 18.0. The van der Waals surface area contributed by atoms with Crippen LogP contribution in [-0.4, -0.2) is 42.8 Å². The zero-order valence-corrected chi connectivity index (χ0v) is 15.8. The molecule has 0 saturated carbocycles. The Kier molecular flexibility index (Phi) is 5.55. The topological polar surface area (TPSA) is 105 Å². The minimum atomic E-state index is -3.08. The summed E-state index contributed by atoms with van der Waals surface area (Å²) >= 11 is 0. The number of aromatic nitrogens is 1. The second kappa shape index (κ2) is 7.87. The first-order chi connectivity index (χ1) is 12.8. The van der Waals surface area contributed by atoms with Crippen molar-refractivity contribution in [2.75, 3.05) is 11.5 Å². The third-order valence-corrected chi connectivity index (χ3v) is 6.30. The van der Waals surface area contributed by atoms with E-state index in [-0.39, 0.29) is 28.5 Å². The van der Waals surface area contributed by atoms with Gasteiger partial charge in [0.05, 0.1) is 22.6 Å². The van der Waals surface area contributed by atoms with Crippen LogP contribution in [0.4, 0.5) is 0 Å². The summed E-state index contributed by atoms with van der Waals surface area (Å²) in [7, 11) is -3.08. The molecule has 0 radical (unpaired) electrons. The molecule has 2 aromatic rings. The number of aryl methyl sites for hydroxylation is 1. The van der Waals surface area contributed by atoms with Crippen LogP contribution in [0.1, 0.15) is 38.3 Å². The Morgan fingerprint density at radius 2 is 1.85 bits per heavy atom. The summed E-state index contributed by atoms with van der Waals surface area (Å²) in [6.45, 7) is 2.35. The number of nitrogens with one attached hydrogen (secondary N) is 2. The first-order valence-electron chi connectivity index (χ1n) is 8.63. The van der Waals surface area contributed by atoms with Gasteiger partial charge in [0.15, 0.2) is 9.84 Å². The average molecular weight is 387 g/mol. The van der Waals surface area contributed by atoms with E-state index in [0.717, 1.165) is 11.1 Å². The Balaban J connectivity index is 1.63. The predicted octanol–water partition coefficient (Wildman–Crippen LogP) is 1.24. The molecule has 142 valence electrons. The molecule has 1 saturated heterocycles. The first kappa shape index (κ1) is 19.0. The van der Waals surface area contributed by atoms with Crippen molar-refractivity contribution in [2.24, 2.45) is 0 Å². The Morgan fingerprint density at radius 1 is 1.15 bits per heavy atom. The fraction of sp³-hybridized carbons (Fsp3) is 0.316. The molecule has 27 heavy (non-hydrogen) atoms. The van der Waals surface area contributed by atoms with Crippen LogP contribution < -0.4 is 10.6 Å². The second-order valence-electron chi connectivity index (χ2n) is 6.64. The summed E-state index contributed by atoms with van der Waals surface area (Å²) < 4.78 is 23.0. The highest BCUT2D eigenvalue weighted by atomic mass is 32.2. The number of sulfone groups is 1. The van der Waals surface area contributed by atoms with Crippen LogP contribution >= 0.6 is 0 Å². The van der Waals surface area contributed by atoms with E-state index in [0.29, 0.717) is 13.0 Å². The highest BCUT2D eigenvalue weighted by Crippen LogP contribution is 2.13. The number of carbonyl (C=O) groups is 2. The van der Waals surface area contributed by atoms with Gasteiger partial charge in [-0.1, -0.05) is 24.3 Å². The van der Waals surface area contributed by atoms with Gasteiger partial charge in [0.2, 0.25) is 0 Å². The van der Waals surface area contributed by atoms with Crippen LogP contribution in [0, 0.1) is 6.92 Å². The molecule has 0 bridgehead atoms. The number of rotatable bonds is 5. The fourth-order valence-corrected chi connectivity index (χ4v) is 4.63. The number of hydrogen-bond acceptors (Lipinski definition) is 5. The summed E-state index contributed by atoms with van der Waals surface area (Å²) in [4.78, 5) is 28.7. The molecule has 1 aromatic carbocycles. The van der Waals surface area contributed by atoms with Crippen molar-refractivity contribution in [3.05, 3.63) is 65.0 Å². The molecule has 0 spiro atoms. The van der Waals surface area contributed by atoms with Crippen LogP contribution in [0.5, 0.6) is 0 Å². The molecule has 2 N–H and O–H groups in total. The molecule has 1 unspecified atom stereocenters. The van der Waals surface area contributed by atoms with E-state index in [1.807, 2.05) is 31.2 Å². The lowest BCUT2D eigenvalue weighted by Gasteiger charge is -2.11. The van der Waals surface area contributed by atoms with Gasteiger partial charge >= 0.3 is 0 Å². The van der Waals surface area contributed by atoms with Gasteiger partial charge in [-0.05, 0) is 30.5 Å². The second-order valence-corrected chi connectivity index (χ2v) is 8.87. The molecule has 1 atom stereocenters. The van der Waals surface area contributed by atoms with Crippen LogP contribution in [0.2, 0.25) is 0 Å². The number of pyridine rings is 1. The van der Waals surface area contributed by atoms with Crippen molar-refractivity contribution in [3.63, 3.8) is 0 Å². The van der Waals surface area contributed by atoms with Crippen molar-refractivity contribution in [1.29, 1.82) is 0 Å². The van der Waals surface area contributed by atoms with Gasteiger partial charge in [0.25, 0.3) is 11.8 Å². The zero-order chi connectivity index (χ0) is 19.4. The number of carbonyl (C=O) groups excluding carboxylic acids is 2. The van der Waals surface area contributed by atoms with Crippen LogP contribution in [0.25, 0.3) is 0 Å². The molecular weight excluding hydrogens is 366 g/mol. The van der Waals surface area contributed by atoms with Crippen LogP contribution in [0.3, 0.4) is 0 Å². The van der Waals surface area contributed by atoms with Crippen molar-refractivity contribution >= 4 is 21.7 Å². The summed E-state index contributed by atoms with van der Waals surface area (Å²) in [5, 5.41) is 5.51. The standard InChI is InChI=1S/C19H21N3O4S/c1-13-4-2-3-5-14(13)11-21-18(23)15-8-16(10-20-9-15)19(24)22-17-6-7-27(25,26)12-17/h2-5,8-10,17H,6-7,11-12H2,1H3,(H,21,23)(H,22,24). The lowest BCUT2D eigenvalue weighted by molar-refractivity contribution is 0.0940. The third-order valence-electron chi connectivity index (χ3n) is 4.53. The van der Waals surface area contributed by atoms with Gasteiger partial charge in [0.1, 0.15) is 0 Å². The van der Waals surface area contributed by atoms with E-state index in [1.165, 1.54) is 18.5 Å². The van der Waals surface area contributed by atoms with Gasteiger partial charge in [-0.2, -0.15) is 0 Å². The van der Waals surface area contributed by atoms with E-state index in [9.17, 15) is 18.0 Å². The van der Waals surface area contributed by atoms with Gasteiger partial charge in [0, 0.05) is 25.0 Å². The summed E-state index contributed by atoms with van der Waals surface area (Å²) in [5.74, 6) is -0.734. The molecule has 8 heteroatoms. The molecular formula is C19H21N3O4S. The Hall–Kier alpha value is -2.74. The Morgan fingerprint density at radius 3 is 2.52 bits per heavy atom. The van der Waals surface area contributed by atoms with E-state index < -0.39 is 21.8 Å². The average Bonchev–Trinajstić information content (AvgIpc) is 2.99. The quantitative estimate of drug-likeness (QED) is 0.803. The third kappa shape index (κ3) is 4.91. The lowest BCUT2D eigenvalue weighted by atomic mass is 10.1. The maximum atomic E-state index is 12.4. The summed E-state index contributed by atoms with van der Waals surface area (Å²) in [5.41, 5.74) is 2.59. The number of nitrogens with zero attached hydrogens (tertiary/aromatic N) is 1. The maximum absolute atomic E-state index is 12.4. The number of amides is 2. The zero-order valence-electron chi connectivity index (χ0n) is 14.9. The lowest BCUT2D eigenvalue weighted by Crippen LogP contribution is -2.35. The van der Waals surface area contributed by atoms with Gasteiger partial charge < -0.3 is 10.6 Å². The highest BCUT2D eigenvalue weighted by Gasteiger charge is 2.29. The summed E-state index contributed by atoms with van der Waals surface area (Å²) in [6, 6.07) is 8.80. The smallest absolute Gasteiger partial charge is 0.253 e. The van der Waals surface area contributed by atoms with E-state index >= 15 is 0 Å². The predicted molar refractivity (Wildman–Crippen MR) is 101 cm³/mol. The van der Waals surface area contributed by atoms with Crippen molar-refractivity contribution in [2.45, 2.75) is 25.9 Å². The van der Waals surface area contributed by atoms with Gasteiger partial charge in [-0.15, -0.1) is 0 Å². The molecule has 1 aromatic heterocycles. The molecule has 0 aliphatic carbocycles. The Labute approximate surface area is 158 Å². The first-order valence-corrected chi connectivity index (χ1v) is 10.5. The number of benzene rings is 1. The van der Waals surface area contributed by atoms with Crippen molar-refractivity contribution in [1.82, 2.24) is 15.6 Å². The largest absolute Gasteiger partial charge is 0.348 e. The highest BCUT2D eigenvalue weighted by molar-refractivity contribution is 7.91. The van der Waals surface area contributed by atoms with Crippen molar-refractivity contribution in [3.8, 4) is 0 Å². The van der Waals surface area contributed by atoms with E-state index in [2.05, 4.69) is 15.6 Å². The minimum Gasteiger partial charge on any atom is -0.348 e. The number of hydrogen-bond donors (Lipinski definition) is 2. The SMILES string of the molecule is Cc1ccccc1CNC(=O)c1cncc(C(=O)NC2CCS(=O)(=O)C2)c1. The van der Waals surface area contributed by atoms with Crippen molar-refractivity contribution < 1.29 is 18.0 Å². The van der Waals surface area contributed by atoms with E-state index in [1.54, 1.807) is 0 Å². The van der Waals surface area contributed by atoms with Crippen LogP contribution in [-0.2, 0) is 16.4 Å². The van der Waals surface area contributed by atoms with Gasteiger partial charge in [-0.3, -0.25) is 14.6 Å². The maximum Gasteiger partial charge on any atom is 0.253 e. The molecule has 1 aliphatic rings. The molecule has 2 heterocycles. The Bertz CT molecular complexity index is 972.